The van der Waals surface area contributed by atoms with Gasteiger partial charge in [0.25, 0.3) is 0 Å². The van der Waals surface area contributed by atoms with Crippen molar-refractivity contribution in [3.8, 4) is 0 Å². The lowest BCUT2D eigenvalue weighted by atomic mass is 10.2. The quantitative estimate of drug-likeness (QED) is 0.382. The molecule has 0 aromatic rings. The lowest BCUT2D eigenvalue weighted by Gasteiger charge is -1.95. The predicted octanol–water partition coefficient (Wildman–Crippen LogP) is 2.14. The van der Waals surface area contributed by atoms with E-state index in [1.165, 1.54) is 7.11 Å². The highest BCUT2D eigenvalue weighted by molar-refractivity contribution is 5.69. The van der Waals surface area contributed by atoms with Gasteiger partial charge in [-0.2, -0.15) is 0 Å². The van der Waals surface area contributed by atoms with E-state index in [4.69, 9.17) is 5.11 Å². The number of carboxylic acids is 1. The molecule has 0 heterocycles. The maximum Gasteiger partial charge on any atom is 0.305 e. The fraction of sp³-hybridized carbons (Fsp3) is 0.636. The van der Waals surface area contributed by atoms with Gasteiger partial charge in [-0.25, -0.2) is 0 Å². The molecule has 0 radical (unpaired) electrons. The van der Waals surface area contributed by atoms with Crippen LogP contribution in [0.2, 0.25) is 0 Å². The van der Waals surface area contributed by atoms with Gasteiger partial charge < -0.3 is 9.84 Å². The third-order valence-electron chi connectivity index (χ3n) is 1.91. The number of carbonyl (C=O) groups excluding carboxylic acids is 1. The van der Waals surface area contributed by atoms with E-state index < -0.39 is 5.97 Å². The maximum absolute atomic E-state index is 10.7. The Morgan fingerprint density at radius 3 is 2.13 bits per heavy atom. The number of hydrogen-bond acceptors (Lipinski definition) is 3. The minimum Gasteiger partial charge on any atom is -0.481 e. The number of aliphatic carboxylic acids is 1. The molecule has 0 bridgehead atoms. The van der Waals surface area contributed by atoms with Gasteiger partial charge in [-0.15, -0.1) is 0 Å². The Hall–Kier alpha value is -1.32. The van der Waals surface area contributed by atoms with Crippen LogP contribution in [0.25, 0.3) is 0 Å². The average Bonchev–Trinajstić information content (AvgIpc) is 2.21. The number of carbonyl (C=O) groups is 2. The van der Waals surface area contributed by atoms with Gasteiger partial charge in [-0.05, 0) is 25.7 Å². The van der Waals surface area contributed by atoms with E-state index in [0.29, 0.717) is 12.8 Å². The highest BCUT2D eigenvalue weighted by Crippen LogP contribution is 2.01. The second-order valence-corrected chi connectivity index (χ2v) is 3.23. The first-order chi connectivity index (χ1) is 7.16. The Balaban J connectivity index is 3.24. The SMILES string of the molecule is COC(=O)CCCC=CCCCC(=O)O. The lowest BCUT2D eigenvalue weighted by molar-refractivity contribution is -0.140. The van der Waals surface area contributed by atoms with Crippen LogP contribution in [0.15, 0.2) is 12.2 Å². The normalized spacial score (nSPS) is 10.5. The summed E-state index contributed by atoms with van der Waals surface area (Å²) in [7, 11) is 1.38. The fourth-order valence-electron chi connectivity index (χ4n) is 1.07. The maximum atomic E-state index is 10.7. The van der Waals surface area contributed by atoms with E-state index in [0.717, 1.165) is 19.3 Å². The highest BCUT2D eigenvalue weighted by Gasteiger charge is 1.97. The van der Waals surface area contributed by atoms with Crippen molar-refractivity contribution >= 4 is 11.9 Å². The van der Waals surface area contributed by atoms with Gasteiger partial charge in [0.1, 0.15) is 0 Å². The zero-order valence-electron chi connectivity index (χ0n) is 9.07. The summed E-state index contributed by atoms with van der Waals surface area (Å²) in [5.74, 6) is -0.941. The van der Waals surface area contributed by atoms with Gasteiger partial charge >= 0.3 is 11.9 Å². The summed E-state index contributed by atoms with van der Waals surface area (Å²) in [6.45, 7) is 0. The van der Waals surface area contributed by atoms with Crippen LogP contribution in [-0.2, 0) is 14.3 Å². The molecule has 0 unspecified atom stereocenters. The molecule has 0 amide bonds. The molecule has 86 valence electrons. The van der Waals surface area contributed by atoms with Crippen molar-refractivity contribution in [1.29, 1.82) is 0 Å². The van der Waals surface area contributed by atoms with E-state index in [9.17, 15) is 9.59 Å². The molecule has 0 aromatic carbocycles. The third-order valence-corrected chi connectivity index (χ3v) is 1.91. The summed E-state index contributed by atoms with van der Waals surface area (Å²) < 4.78 is 4.49. The topological polar surface area (TPSA) is 63.6 Å². The Morgan fingerprint density at radius 2 is 1.67 bits per heavy atom. The van der Waals surface area contributed by atoms with Crippen molar-refractivity contribution in [2.75, 3.05) is 7.11 Å². The molecule has 4 heteroatoms. The molecule has 4 nitrogen and oxygen atoms in total. The number of rotatable bonds is 8. The van der Waals surface area contributed by atoms with Gasteiger partial charge in [0.2, 0.25) is 0 Å². The van der Waals surface area contributed by atoms with E-state index >= 15 is 0 Å². The van der Waals surface area contributed by atoms with Crippen molar-refractivity contribution in [2.45, 2.75) is 38.5 Å². The minimum absolute atomic E-state index is 0.186. The number of unbranched alkanes of at least 4 members (excludes halogenated alkanes) is 2. The molecular formula is C11H18O4. The molecule has 0 aliphatic carbocycles. The monoisotopic (exact) mass is 214 g/mol. The summed E-state index contributed by atoms with van der Waals surface area (Å²) in [6, 6.07) is 0. The zero-order valence-corrected chi connectivity index (χ0v) is 9.07. The third kappa shape index (κ3) is 10.6. The number of methoxy groups -OCH3 is 1. The molecule has 1 N–H and O–H groups in total. The summed E-state index contributed by atoms with van der Waals surface area (Å²) in [5.41, 5.74) is 0. The first-order valence-electron chi connectivity index (χ1n) is 5.10. The second-order valence-electron chi connectivity index (χ2n) is 3.23. The number of hydrogen-bond donors (Lipinski definition) is 1. The lowest BCUT2D eigenvalue weighted by Crippen LogP contribution is -1.98. The standard InChI is InChI=1S/C11H18O4/c1-15-11(14)9-7-5-3-2-4-6-8-10(12)13/h2-3H,4-9H2,1H3,(H,12,13). The zero-order chi connectivity index (χ0) is 11.5. The number of allylic oxidation sites excluding steroid dienone is 2. The van der Waals surface area contributed by atoms with Gasteiger partial charge in [0, 0.05) is 12.8 Å². The van der Waals surface area contributed by atoms with E-state index in [1.54, 1.807) is 0 Å². The van der Waals surface area contributed by atoms with E-state index in [1.807, 2.05) is 12.2 Å². The summed E-state index contributed by atoms with van der Waals surface area (Å²) in [5, 5.41) is 8.37. The molecule has 0 spiro atoms. The van der Waals surface area contributed by atoms with Crippen molar-refractivity contribution in [2.24, 2.45) is 0 Å². The van der Waals surface area contributed by atoms with Crippen molar-refractivity contribution in [3.63, 3.8) is 0 Å². The predicted molar refractivity (Wildman–Crippen MR) is 56.5 cm³/mol. The molecular weight excluding hydrogens is 196 g/mol. The summed E-state index contributed by atoms with van der Waals surface area (Å²) >= 11 is 0. The molecule has 0 atom stereocenters. The van der Waals surface area contributed by atoms with Crippen molar-refractivity contribution < 1.29 is 19.4 Å². The van der Waals surface area contributed by atoms with Crippen LogP contribution in [0.3, 0.4) is 0 Å². The Labute approximate surface area is 89.9 Å². The first-order valence-corrected chi connectivity index (χ1v) is 5.10. The van der Waals surface area contributed by atoms with Crippen molar-refractivity contribution in [3.05, 3.63) is 12.2 Å². The summed E-state index contributed by atoms with van der Waals surface area (Å²) in [6.07, 6.45) is 7.66. The van der Waals surface area contributed by atoms with Crippen LogP contribution in [0, 0.1) is 0 Å². The van der Waals surface area contributed by atoms with Crippen LogP contribution in [-0.4, -0.2) is 24.2 Å². The second kappa shape index (κ2) is 9.24. The molecule has 0 aliphatic rings. The highest BCUT2D eigenvalue weighted by atomic mass is 16.5. The number of esters is 1. The Bertz CT molecular complexity index is 221. The minimum atomic E-state index is -0.755. The average molecular weight is 214 g/mol. The smallest absolute Gasteiger partial charge is 0.305 e. The van der Waals surface area contributed by atoms with Crippen LogP contribution < -0.4 is 0 Å². The molecule has 0 rings (SSSR count). The molecule has 15 heavy (non-hydrogen) atoms. The number of carboxylic acid groups (broad SMARTS) is 1. The van der Waals surface area contributed by atoms with Gasteiger partial charge in [0.15, 0.2) is 0 Å². The van der Waals surface area contributed by atoms with Crippen LogP contribution in [0.1, 0.15) is 38.5 Å². The van der Waals surface area contributed by atoms with Gasteiger partial charge in [-0.1, -0.05) is 12.2 Å². The molecule has 0 aliphatic heterocycles. The first kappa shape index (κ1) is 13.7. The Kier molecular flexibility index (Phi) is 8.43. The summed E-state index contributed by atoms with van der Waals surface area (Å²) in [4.78, 5) is 20.9. The molecule has 0 fully saturated rings. The molecule has 0 saturated heterocycles. The molecule has 0 saturated carbocycles. The molecule has 0 aromatic heterocycles. The van der Waals surface area contributed by atoms with Gasteiger partial charge in [-0.3, -0.25) is 9.59 Å². The van der Waals surface area contributed by atoms with E-state index in [2.05, 4.69) is 4.74 Å². The largest absolute Gasteiger partial charge is 0.481 e. The Morgan fingerprint density at radius 1 is 1.13 bits per heavy atom. The van der Waals surface area contributed by atoms with Crippen molar-refractivity contribution in [1.82, 2.24) is 0 Å². The van der Waals surface area contributed by atoms with Crippen LogP contribution >= 0.6 is 0 Å². The van der Waals surface area contributed by atoms with Crippen LogP contribution in [0.5, 0.6) is 0 Å². The number of ether oxygens (including phenoxy) is 1. The van der Waals surface area contributed by atoms with Crippen LogP contribution in [0.4, 0.5) is 0 Å². The van der Waals surface area contributed by atoms with E-state index in [-0.39, 0.29) is 12.4 Å². The van der Waals surface area contributed by atoms with Gasteiger partial charge in [0.05, 0.1) is 7.11 Å². The fourth-order valence-corrected chi connectivity index (χ4v) is 1.07.